The van der Waals surface area contributed by atoms with Gasteiger partial charge >= 0.3 is 0 Å². The van der Waals surface area contributed by atoms with Crippen LogP contribution in [0.15, 0.2) is 34.8 Å². The van der Waals surface area contributed by atoms with Crippen molar-refractivity contribution < 1.29 is 0 Å². The van der Waals surface area contributed by atoms with Gasteiger partial charge in [0.05, 0.1) is 0 Å². The Hall–Kier alpha value is -1.66. The molecule has 2 aromatic rings. The Bertz CT molecular complexity index is 651. The fraction of sp³-hybridized carbons (Fsp3) is 0.412. The molecule has 3 rings (SSSR count). The summed E-state index contributed by atoms with van der Waals surface area (Å²) < 4.78 is 1.07. The minimum atomic E-state index is 0.820. The number of anilines is 3. The number of rotatable bonds is 4. The monoisotopic (exact) mass is 375 g/mol. The van der Waals surface area contributed by atoms with E-state index in [2.05, 4.69) is 43.0 Å². The van der Waals surface area contributed by atoms with Crippen LogP contribution in [0.3, 0.4) is 0 Å². The largest absolute Gasteiger partial charge is 0.340 e. The maximum absolute atomic E-state index is 4.70. The van der Waals surface area contributed by atoms with E-state index in [1.165, 1.54) is 0 Å². The van der Waals surface area contributed by atoms with E-state index in [0.717, 1.165) is 60.3 Å². The van der Waals surface area contributed by atoms with Gasteiger partial charge in [0, 0.05) is 48.1 Å². The average molecular weight is 376 g/mol. The summed E-state index contributed by atoms with van der Waals surface area (Å²) in [5.41, 5.74) is 2.00. The van der Waals surface area contributed by atoms with Crippen LogP contribution in [0.5, 0.6) is 0 Å². The molecular formula is C17H22BrN5. The summed E-state index contributed by atoms with van der Waals surface area (Å²) >= 11 is 3.45. The molecule has 1 fully saturated rings. The second-order valence-corrected chi connectivity index (χ2v) is 6.66. The van der Waals surface area contributed by atoms with Crippen molar-refractivity contribution in [3.63, 3.8) is 0 Å². The lowest BCUT2D eigenvalue weighted by atomic mass is 10.3. The lowest BCUT2D eigenvalue weighted by Gasteiger charge is -2.34. The van der Waals surface area contributed by atoms with Crippen LogP contribution in [-0.4, -0.2) is 47.6 Å². The molecule has 0 atom stereocenters. The number of hydrogen-bond donors (Lipinski definition) is 1. The summed E-state index contributed by atoms with van der Waals surface area (Å²) in [6, 6.07) is 10.1. The zero-order valence-corrected chi connectivity index (χ0v) is 15.2. The standard InChI is InChI=1S/C17H22BrN5/c1-3-22-8-10-23(11-9-22)17-19-13(2)12-16(21-17)20-15-6-4-14(18)5-7-15/h4-7,12H,3,8-11H2,1-2H3,(H,19,20,21). The molecule has 5 nitrogen and oxygen atoms in total. The molecule has 1 aliphatic heterocycles. The van der Waals surface area contributed by atoms with Crippen LogP contribution in [0.1, 0.15) is 12.6 Å². The molecule has 0 saturated carbocycles. The zero-order valence-electron chi connectivity index (χ0n) is 13.6. The number of aryl methyl sites for hydroxylation is 1. The fourth-order valence-electron chi connectivity index (χ4n) is 2.70. The van der Waals surface area contributed by atoms with E-state index in [1.54, 1.807) is 0 Å². The van der Waals surface area contributed by atoms with Crippen LogP contribution in [0.25, 0.3) is 0 Å². The third-order valence-corrected chi connectivity index (χ3v) is 4.59. The van der Waals surface area contributed by atoms with Gasteiger partial charge in [0.1, 0.15) is 5.82 Å². The zero-order chi connectivity index (χ0) is 16.2. The summed E-state index contributed by atoms with van der Waals surface area (Å²) in [5.74, 6) is 1.66. The molecule has 1 aliphatic rings. The normalized spacial score (nSPS) is 15.7. The van der Waals surface area contributed by atoms with Crippen molar-refractivity contribution in [1.29, 1.82) is 0 Å². The molecule has 0 aliphatic carbocycles. The Morgan fingerprint density at radius 2 is 1.78 bits per heavy atom. The maximum Gasteiger partial charge on any atom is 0.227 e. The highest BCUT2D eigenvalue weighted by molar-refractivity contribution is 9.10. The van der Waals surface area contributed by atoms with Crippen LogP contribution in [0, 0.1) is 6.92 Å². The quantitative estimate of drug-likeness (QED) is 0.886. The Labute approximate surface area is 145 Å². The summed E-state index contributed by atoms with van der Waals surface area (Å²) in [6.45, 7) is 9.44. The van der Waals surface area contributed by atoms with Gasteiger partial charge in [0.25, 0.3) is 0 Å². The molecule has 0 bridgehead atoms. The predicted molar refractivity (Wildman–Crippen MR) is 98.5 cm³/mol. The van der Waals surface area contributed by atoms with Crippen LogP contribution in [-0.2, 0) is 0 Å². The van der Waals surface area contributed by atoms with Crippen LogP contribution < -0.4 is 10.2 Å². The minimum absolute atomic E-state index is 0.820. The summed E-state index contributed by atoms with van der Waals surface area (Å²) in [7, 11) is 0. The number of likely N-dealkylation sites (N-methyl/N-ethyl adjacent to an activating group) is 1. The predicted octanol–water partition coefficient (Wildman–Crippen LogP) is 3.43. The second-order valence-electron chi connectivity index (χ2n) is 5.75. The molecule has 1 N–H and O–H groups in total. The van der Waals surface area contributed by atoms with Gasteiger partial charge < -0.3 is 15.1 Å². The first-order valence-electron chi connectivity index (χ1n) is 7.99. The maximum atomic E-state index is 4.70. The molecule has 0 spiro atoms. The molecule has 0 unspecified atom stereocenters. The molecule has 1 aromatic carbocycles. The molecule has 0 radical (unpaired) electrons. The Morgan fingerprint density at radius 1 is 1.09 bits per heavy atom. The van der Waals surface area contributed by atoms with Crippen LogP contribution in [0.2, 0.25) is 0 Å². The molecule has 1 aromatic heterocycles. The van der Waals surface area contributed by atoms with Gasteiger partial charge in [-0.05, 0) is 37.7 Å². The van der Waals surface area contributed by atoms with Gasteiger partial charge in [-0.3, -0.25) is 0 Å². The van der Waals surface area contributed by atoms with Crippen molar-refractivity contribution in [3.8, 4) is 0 Å². The molecule has 1 saturated heterocycles. The van der Waals surface area contributed by atoms with Gasteiger partial charge in [-0.2, -0.15) is 4.98 Å². The summed E-state index contributed by atoms with van der Waals surface area (Å²) in [6.07, 6.45) is 0. The molecule has 2 heterocycles. The fourth-order valence-corrected chi connectivity index (χ4v) is 2.97. The first kappa shape index (κ1) is 16.2. The van der Waals surface area contributed by atoms with Crippen molar-refractivity contribution in [2.75, 3.05) is 42.9 Å². The van der Waals surface area contributed by atoms with E-state index in [9.17, 15) is 0 Å². The van der Waals surface area contributed by atoms with Crippen LogP contribution >= 0.6 is 15.9 Å². The van der Waals surface area contributed by atoms with Gasteiger partial charge in [-0.15, -0.1) is 0 Å². The van der Waals surface area contributed by atoms with E-state index < -0.39 is 0 Å². The topological polar surface area (TPSA) is 44.3 Å². The highest BCUT2D eigenvalue weighted by Crippen LogP contribution is 2.21. The van der Waals surface area contributed by atoms with Gasteiger partial charge in [0.15, 0.2) is 0 Å². The number of halogens is 1. The second kappa shape index (κ2) is 7.27. The lowest BCUT2D eigenvalue weighted by Crippen LogP contribution is -2.46. The smallest absolute Gasteiger partial charge is 0.227 e. The molecule has 6 heteroatoms. The number of nitrogens with zero attached hydrogens (tertiary/aromatic N) is 4. The summed E-state index contributed by atoms with van der Waals surface area (Å²) in [5, 5.41) is 3.36. The van der Waals surface area contributed by atoms with Crippen molar-refractivity contribution in [3.05, 3.63) is 40.5 Å². The van der Waals surface area contributed by atoms with E-state index in [1.807, 2.05) is 37.3 Å². The first-order valence-corrected chi connectivity index (χ1v) is 8.79. The van der Waals surface area contributed by atoms with E-state index >= 15 is 0 Å². The third kappa shape index (κ3) is 4.20. The highest BCUT2D eigenvalue weighted by atomic mass is 79.9. The van der Waals surface area contributed by atoms with Gasteiger partial charge in [-0.1, -0.05) is 22.9 Å². The van der Waals surface area contributed by atoms with Gasteiger partial charge in [0.2, 0.25) is 5.95 Å². The lowest BCUT2D eigenvalue weighted by molar-refractivity contribution is 0.270. The number of nitrogens with one attached hydrogen (secondary N) is 1. The van der Waals surface area contributed by atoms with E-state index in [-0.39, 0.29) is 0 Å². The summed E-state index contributed by atoms with van der Waals surface area (Å²) in [4.78, 5) is 14.0. The number of aromatic nitrogens is 2. The highest BCUT2D eigenvalue weighted by Gasteiger charge is 2.18. The number of benzene rings is 1. The first-order chi connectivity index (χ1) is 11.1. The SMILES string of the molecule is CCN1CCN(c2nc(C)cc(Nc3ccc(Br)cc3)n2)CC1. The van der Waals surface area contributed by atoms with Crippen molar-refractivity contribution in [2.24, 2.45) is 0 Å². The van der Waals surface area contributed by atoms with Gasteiger partial charge in [-0.25, -0.2) is 4.98 Å². The van der Waals surface area contributed by atoms with Crippen molar-refractivity contribution in [2.45, 2.75) is 13.8 Å². The Morgan fingerprint density at radius 3 is 2.43 bits per heavy atom. The van der Waals surface area contributed by atoms with E-state index in [4.69, 9.17) is 4.98 Å². The average Bonchev–Trinajstić information content (AvgIpc) is 2.56. The molecule has 0 amide bonds. The number of hydrogen-bond acceptors (Lipinski definition) is 5. The molecular weight excluding hydrogens is 354 g/mol. The van der Waals surface area contributed by atoms with Crippen molar-refractivity contribution >= 4 is 33.4 Å². The van der Waals surface area contributed by atoms with Crippen molar-refractivity contribution in [1.82, 2.24) is 14.9 Å². The molecule has 23 heavy (non-hydrogen) atoms. The Balaban J connectivity index is 1.75. The minimum Gasteiger partial charge on any atom is -0.340 e. The Kier molecular flexibility index (Phi) is 5.13. The van der Waals surface area contributed by atoms with E-state index in [0.29, 0.717) is 0 Å². The third-order valence-electron chi connectivity index (χ3n) is 4.06. The molecule has 122 valence electrons. The number of piperazine rings is 1. The van der Waals surface area contributed by atoms with Crippen LogP contribution in [0.4, 0.5) is 17.5 Å².